The third-order valence-electron chi connectivity index (χ3n) is 3.02. The fourth-order valence-corrected chi connectivity index (χ4v) is 2.21. The van der Waals surface area contributed by atoms with Gasteiger partial charge in [-0.2, -0.15) is 0 Å². The van der Waals surface area contributed by atoms with Gasteiger partial charge in [-0.05, 0) is 25.5 Å². The van der Waals surface area contributed by atoms with E-state index in [1.807, 2.05) is 12.1 Å². The Balaban J connectivity index is 1.98. The number of benzene rings is 1. The zero-order valence-electron chi connectivity index (χ0n) is 10.3. The smallest absolute Gasteiger partial charge is 0.263 e. The standard InChI is InChI=1S/C13H17ClN2O2/c1-9(13(17)16-7-6-10(15)8-16)18-12-5-3-2-4-11(12)14/h2-5,9-10H,6-8,15H2,1H3/t9?,10-/m1/s1. The first-order valence-electron chi connectivity index (χ1n) is 6.03. The van der Waals surface area contributed by atoms with Crippen molar-refractivity contribution in [3.8, 4) is 5.75 Å². The molecular formula is C13H17ClN2O2. The molecule has 1 saturated heterocycles. The lowest BCUT2D eigenvalue weighted by atomic mass is 10.3. The van der Waals surface area contributed by atoms with E-state index in [4.69, 9.17) is 22.1 Å². The Morgan fingerprint density at radius 2 is 2.28 bits per heavy atom. The van der Waals surface area contributed by atoms with E-state index < -0.39 is 6.10 Å². The molecule has 0 aromatic heterocycles. The molecule has 0 aliphatic carbocycles. The van der Waals surface area contributed by atoms with Gasteiger partial charge in [-0.3, -0.25) is 4.79 Å². The van der Waals surface area contributed by atoms with Gasteiger partial charge in [0.15, 0.2) is 6.10 Å². The zero-order chi connectivity index (χ0) is 13.1. The summed E-state index contributed by atoms with van der Waals surface area (Å²) in [6.07, 6.45) is 0.306. The predicted octanol–water partition coefficient (Wildman–Crippen LogP) is 1.67. The van der Waals surface area contributed by atoms with E-state index in [9.17, 15) is 4.79 Å². The average molecular weight is 269 g/mol. The molecule has 5 heteroatoms. The normalized spacial score (nSPS) is 20.8. The highest BCUT2D eigenvalue weighted by Gasteiger charge is 2.28. The lowest BCUT2D eigenvalue weighted by molar-refractivity contribution is -0.136. The van der Waals surface area contributed by atoms with Crippen LogP contribution in [-0.2, 0) is 4.79 Å². The van der Waals surface area contributed by atoms with Crippen molar-refractivity contribution in [2.45, 2.75) is 25.5 Å². The van der Waals surface area contributed by atoms with Gasteiger partial charge in [0, 0.05) is 19.1 Å². The maximum Gasteiger partial charge on any atom is 0.263 e. The van der Waals surface area contributed by atoms with E-state index in [0.29, 0.717) is 23.9 Å². The van der Waals surface area contributed by atoms with Crippen LogP contribution in [0.25, 0.3) is 0 Å². The Hall–Kier alpha value is -1.26. The Labute approximate surface area is 112 Å². The van der Waals surface area contributed by atoms with Crippen molar-refractivity contribution in [2.75, 3.05) is 13.1 Å². The van der Waals surface area contributed by atoms with Crippen LogP contribution in [-0.4, -0.2) is 36.0 Å². The first-order chi connectivity index (χ1) is 8.58. The maximum atomic E-state index is 12.1. The molecule has 2 rings (SSSR count). The van der Waals surface area contributed by atoms with Crippen LogP contribution >= 0.6 is 11.6 Å². The number of hydrogen-bond acceptors (Lipinski definition) is 3. The van der Waals surface area contributed by atoms with Gasteiger partial charge >= 0.3 is 0 Å². The number of carbonyl (C=O) groups is 1. The van der Waals surface area contributed by atoms with Crippen molar-refractivity contribution in [1.82, 2.24) is 4.90 Å². The molecule has 1 amide bonds. The molecule has 1 heterocycles. The minimum atomic E-state index is -0.546. The van der Waals surface area contributed by atoms with Crippen molar-refractivity contribution in [2.24, 2.45) is 5.73 Å². The van der Waals surface area contributed by atoms with Crippen molar-refractivity contribution >= 4 is 17.5 Å². The molecule has 1 aliphatic rings. The molecule has 2 atom stereocenters. The molecule has 0 saturated carbocycles. The Kier molecular flexibility index (Phi) is 4.09. The third-order valence-corrected chi connectivity index (χ3v) is 3.34. The Morgan fingerprint density at radius 3 is 2.89 bits per heavy atom. The number of likely N-dealkylation sites (tertiary alicyclic amines) is 1. The first kappa shape index (κ1) is 13.2. The summed E-state index contributed by atoms with van der Waals surface area (Å²) in [4.78, 5) is 13.9. The van der Waals surface area contributed by atoms with Crippen LogP contribution in [0.3, 0.4) is 0 Å². The van der Waals surface area contributed by atoms with Crippen molar-refractivity contribution < 1.29 is 9.53 Å². The fraction of sp³-hybridized carbons (Fsp3) is 0.462. The van der Waals surface area contributed by atoms with E-state index in [2.05, 4.69) is 0 Å². The molecule has 1 aromatic rings. The number of para-hydroxylation sites is 1. The van der Waals surface area contributed by atoms with Gasteiger partial charge in [-0.1, -0.05) is 23.7 Å². The van der Waals surface area contributed by atoms with Gasteiger partial charge in [0.25, 0.3) is 5.91 Å². The number of halogens is 1. The van der Waals surface area contributed by atoms with Crippen molar-refractivity contribution in [3.05, 3.63) is 29.3 Å². The van der Waals surface area contributed by atoms with Crippen LogP contribution in [0.2, 0.25) is 5.02 Å². The predicted molar refractivity (Wildman–Crippen MR) is 70.7 cm³/mol. The van der Waals surface area contributed by atoms with Gasteiger partial charge in [-0.25, -0.2) is 0 Å². The van der Waals surface area contributed by atoms with Gasteiger partial charge in [0.1, 0.15) is 5.75 Å². The molecule has 2 N–H and O–H groups in total. The SMILES string of the molecule is CC(Oc1ccccc1Cl)C(=O)N1CC[C@@H](N)C1. The summed E-state index contributed by atoms with van der Waals surface area (Å²) >= 11 is 5.99. The third kappa shape index (κ3) is 2.94. The first-order valence-corrected chi connectivity index (χ1v) is 6.41. The molecule has 1 unspecified atom stereocenters. The van der Waals surface area contributed by atoms with E-state index in [1.54, 1.807) is 24.0 Å². The molecule has 1 fully saturated rings. The number of hydrogen-bond donors (Lipinski definition) is 1. The van der Waals surface area contributed by atoms with Crippen molar-refractivity contribution in [3.63, 3.8) is 0 Å². The number of carbonyl (C=O) groups excluding carboxylic acids is 1. The van der Waals surface area contributed by atoms with Crippen LogP contribution in [0.1, 0.15) is 13.3 Å². The van der Waals surface area contributed by atoms with E-state index in [1.165, 1.54) is 0 Å². The number of ether oxygens (including phenoxy) is 1. The summed E-state index contributed by atoms with van der Waals surface area (Å²) < 4.78 is 5.59. The summed E-state index contributed by atoms with van der Waals surface area (Å²) in [5, 5.41) is 0.510. The zero-order valence-corrected chi connectivity index (χ0v) is 11.1. The summed E-state index contributed by atoms with van der Waals surface area (Å²) in [5.41, 5.74) is 5.78. The molecule has 4 nitrogen and oxygen atoms in total. The van der Waals surface area contributed by atoms with Crippen LogP contribution in [0.4, 0.5) is 0 Å². The Morgan fingerprint density at radius 1 is 1.56 bits per heavy atom. The molecule has 18 heavy (non-hydrogen) atoms. The molecule has 0 radical (unpaired) electrons. The van der Waals surface area contributed by atoms with Gasteiger partial charge in [0.2, 0.25) is 0 Å². The minimum Gasteiger partial charge on any atom is -0.479 e. The molecule has 0 bridgehead atoms. The largest absolute Gasteiger partial charge is 0.479 e. The van der Waals surface area contributed by atoms with Gasteiger partial charge < -0.3 is 15.4 Å². The summed E-state index contributed by atoms with van der Waals surface area (Å²) in [7, 11) is 0. The number of nitrogens with two attached hydrogens (primary N) is 1. The quantitative estimate of drug-likeness (QED) is 0.907. The average Bonchev–Trinajstić information content (AvgIpc) is 2.78. The van der Waals surface area contributed by atoms with E-state index in [0.717, 1.165) is 6.42 Å². The lowest BCUT2D eigenvalue weighted by Crippen LogP contribution is -2.40. The summed E-state index contributed by atoms with van der Waals surface area (Å²) in [5.74, 6) is 0.492. The monoisotopic (exact) mass is 268 g/mol. The van der Waals surface area contributed by atoms with Crippen LogP contribution < -0.4 is 10.5 Å². The molecule has 1 aliphatic heterocycles. The van der Waals surface area contributed by atoms with Crippen LogP contribution in [0.15, 0.2) is 24.3 Å². The van der Waals surface area contributed by atoms with Gasteiger partial charge in [0.05, 0.1) is 5.02 Å². The topological polar surface area (TPSA) is 55.6 Å². The van der Waals surface area contributed by atoms with E-state index >= 15 is 0 Å². The highest BCUT2D eigenvalue weighted by Crippen LogP contribution is 2.24. The summed E-state index contributed by atoms with van der Waals surface area (Å²) in [6.45, 7) is 3.04. The highest BCUT2D eigenvalue weighted by molar-refractivity contribution is 6.32. The fourth-order valence-electron chi connectivity index (χ4n) is 2.03. The lowest BCUT2D eigenvalue weighted by Gasteiger charge is -2.21. The molecular weight excluding hydrogens is 252 g/mol. The Bertz CT molecular complexity index is 439. The highest BCUT2D eigenvalue weighted by atomic mass is 35.5. The number of amides is 1. The second-order valence-corrected chi connectivity index (χ2v) is 4.93. The molecule has 1 aromatic carbocycles. The van der Waals surface area contributed by atoms with Crippen LogP contribution in [0.5, 0.6) is 5.75 Å². The number of rotatable bonds is 3. The number of nitrogens with zero attached hydrogens (tertiary/aromatic N) is 1. The minimum absolute atomic E-state index is 0.0390. The van der Waals surface area contributed by atoms with Gasteiger partial charge in [-0.15, -0.1) is 0 Å². The van der Waals surface area contributed by atoms with Crippen molar-refractivity contribution in [1.29, 1.82) is 0 Å². The summed E-state index contributed by atoms with van der Waals surface area (Å²) in [6, 6.07) is 7.22. The second-order valence-electron chi connectivity index (χ2n) is 4.52. The maximum absolute atomic E-state index is 12.1. The van der Waals surface area contributed by atoms with Crippen LogP contribution in [0, 0.1) is 0 Å². The second kappa shape index (κ2) is 5.59. The molecule has 98 valence electrons. The molecule has 0 spiro atoms. The van der Waals surface area contributed by atoms with E-state index in [-0.39, 0.29) is 11.9 Å².